The van der Waals surface area contributed by atoms with Crippen LogP contribution >= 0.6 is 12.6 Å². The summed E-state index contributed by atoms with van der Waals surface area (Å²) in [6.07, 6.45) is 29.5. The van der Waals surface area contributed by atoms with E-state index in [1.54, 1.807) is 12.8 Å². The zero-order valence-electron chi connectivity index (χ0n) is 25.9. The van der Waals surface area contributed by atoms with Crippen molar-refractivity contribution in [2.24, 2.45) is 59.2 Å². The number of rotatable bonds is 13. The van der Waals surface area contributed by atoms with Crippen molar-refractivity contribution in [2.75, 3.05) is 0 Å². The number of hydrogen-bond donors (Lipinski definition) is 1. The summed E-state index contributed by atoms with van der Waals surface area (Å²) in [6, 6.07) is 0. The number of hydrogen-bond acceptors (Lipinski definition) is 1. The Labute approximate surface area is 239 Å². The summed E-state index contributed by atoms with van der Waals surface area (Å²) in [4.78, 5) is 0. The molecule has 4 aliphatic carbocycles. The van der Waals surface area contributed by atoms with Gasteiger partial charge in [0.1, 0.15) is 0 Å². The lowest BCUT2D eigenvalue weighted by Crippen LogP contribution is -2.57. The quantitative estimate of drug-likeness (QED) is 0.178. The molecule has 0 aromatic rings. The lowest BCUT2D eigenvalue weighted by molar-refractivity contribution is -0.0480. The van der Waals surface area contributed by atoms with E-state index in [-0.39, 0.29) is 0 Å². The predicted octanol–water partition coefficient (Wildman–Crippen LogP) is 11.8. The lowest BCUT2D eigenvalue weighted by Gasteiger charge is -2.61. The van der Waals surface area contributed by atoms with Crippen molar-refractivity contribution in [1.29, 1.82) is 0 Å². The highest BCUT2D eigenvalue weighted by atomic mass is 32.1. The first-order valence-electron chi connectivity index (χ1n) is 17.7. The van der Waals surface area contributed by atoms with Crippen molar-refractivity contribution >= 4 is 12.6 Å². The minimum atomic E-state index is 0.371. The highest BCUT2D eigenvalue weighted by Crippen LogP contribution is 2.65. The van der Waals surface area contributed by atoms with Crippen LogP contribution in [0.1, 0.15) is 163 Å². The predicted molar refractivity (Wildman–Crippen MR) is 167 cm³/mol. The van der Waals surface area contributed by atoms with Gasteiger partial charge in [0.05, 0.1) is 0 Å². The maximum atomic E-state index is 5.82. The van der Waals surface area contributed by atoms with Crippen LogP contribution in [0.15, 0.2) is 0 Å². The van der Waals surface area contributed by atoms with Gasteiger partial charge in [-0.2, -0.15) is 12.6 Å². The van der Waals surface area contributed by atoms with E-state index in [1.807, 2.05) is 0 Å². The largest absolute Gasteiger partial charge is 0.172 e. The summed E-state index contributed by atoms with van der Waals surface area (Å²) in [6.45, 7) is 12.4. The van der Waals surface area contributed by atoms with Crippen LogP contribution in [0, 0.1) is 59.2 Å². The molecule has 0 heterocycles. The van der Waals surface area contributed by atoms with Crippen LogP contribution in [-0.4, -0.2) is 4.75 Å². The van der Waals surface area contributed by atoms with E-state index in [1.165, 1.54) is 116 Å². The van der Waals surface area contributed by atoms with Gasteiger partial charge in [-0.1, -0.05) is 112 Å². The molecule has 0 spiro atoms. The molecule has 4 fully saturated rings. The molecule has 0 aromatic heterocycles. The molecule has 4 rings (SSSR count). The van der Waals surface area contributed by atoms with Crippen LogP contribution in [-0.2, 0) is 0 Å². The van der Waals surface area contributed by atoms with E-state index in [2.05, 4.69) is 34.6 Å². The third-order valence-corrected chi connectivity index (χ3v) is 13.8. The Bertz CT molecular complexity index is 653. The van der Waals surface area contributed by atoms with Gasteiger partial charge in [-0.05, 0) is 111 Å². The second kappa shape index (κ2) is 14.3. The molecule has 4 saturated carbocycles. The second-order valence-corrected chi connectivity index (χ2v) is 15.7. The third kappa shape index (κ3) is 6.81. The molecule has 37 heavy (non-hydrogen) atoms. The SMILES string of the molecule is CCCCCCC1C(C)CC(CCCCC)CC(C2(S)CC3CCCC32)C2CC(C(CC)CC)CCC12. The first kappa shape index (κ1) is 30.3. The van der Waals surface area contributed by atoms with Crippen molar-refractivity contribution in [3.8, 4) is 0 Å². The minimum Gasteiger partial charge on any atom is -0.172 e. The highest BCUT2D eigenvalue weighted by molar-refractivity contribution is 7.82. The Hall–Kier alpha value is 0.350. The molecule has 0 saturated heterocycles. The monoisotopic (exact) mass is 530 g/mol. The fourth-order valence-corrected chi connectivity index (χ4v) is 11.8. The van der Waals surface area contributed by atoms with Crippen molar-refractivity contribution in [3.05, 3.63) is 0 Å². The minimum absolute atomic E-state index is 0.371. The molecule has 0 aromatic carbocycles. The summed E-state index contributed by atoms with van der Waals surface area (Å²) in [5, 5.41) is 0. The Morgan fingerprint density at radius 1 is 0.730 bits per heavy atom. The van der Waals surface area contributed by atoms with Gasteiger partial charge in [0.15, 0.2) is 0 Å². The van der Waals surface area contributed by atoms with Crippen LogP contribution in [0.4, 0.5) is 0 Å². The van der Waals surface area contributed by atoms with Gasteiger partial charge in [0.2, 0.25) is 0 Å². The molecule has 4 aliphatic rings. The molecule has 0 bridgehead atoms. The van der Waals surface area contributed by atoms with Crippen LogP contribution in [0.2, 0.25) is 0 Å². The van der Waals surface area contributed by atoms with Crippen molar-refractivity contribution in [3.63, 3.8) is 0 Å². The Kier molecular flexibility index (Phi) is 11.7. The molecular weight excluding hydrogens is 464 g/mol. The second-order valence-electron chi connectivity index (χ2n) is 14.9. The van der Waals surface area contributed by atoms with Gasteiger partial charge in [-0.25, -0.2) is 0 Å². The zero-order valence-corrected chi connectivity index (χ0v) is 26.8. The van der Waals surface area contributed by atoms with E-state index in [9.17, 15) is 0 Å². The standard InChI is InChI=1S/C36H66S/c1-6-10-12-14-18-31-26(5)22-27(16-13-11-7-2)23-35(36(37)25-30-17-15-19-34(30)36)33-24-29(20-21-32(31)33)28(8-3)9-4/h26-35,37H,6-25H2,1-5H3. The average molecular weight is 531 g/mol. The fraction of sp³-hybridized carbons (Fsp3) is 1.00. The number of thiol groups is 1. The summed E-state index contributed by atoms with van der Waals surface area (Å²) >= 11 is 5.82. The van der Waals surface area contributed by atoms with Gasteiger partial charge in [-0.3, -0.25) is 0 Å². The zero-order chi connectivity index (χ0) is 26.4. The van der Waals surface area contributed by atoms with Crippen LogP contribution in [0.5, 0.6) is 0 Å². The third-order valence-electron chi connectivity index (χ3n) is 12.9. The molecule has 10 atom stereocenters. The van der Waals surface area contributed by atoms with E-state index < -0.39 is 0 Å². The average Bonchev–Trinajstić information content (AvgIpc) is 3.29. The van der Waals surface area contributed by atoms with Crippen LogP contribution in [0.25, 0.3) is 0 Å². The Balaban J connectivity index is 1.64. The molecule has 0 amide bonds. The van der Waals surface area contributed by atoms with E-state index in [4.69, 9.17) is 12.6 Å². The Morgan fingerprint density at radius 2 is 1.46 bits per heavy atom. The molecule has 0 radical (unpaired) electrons. The molecule has 0 aliphatic heterocycles. The van der Waals surface area contributed by atoms with Crippen molar-refractivity contribution < 1.29 is 0 Å². The van der Waals surface area contributed by atoms with Gasteiger partial charge < -0.3 is 0 Å². The normalized spacial score (nSPS) is 42.1. The topological polar surface area (TPSA) is 0 Å². The first-order chi connectivity index (χ1) is 18.0. The summed E-state index contributed by atoms with van der Waals surface area (Å²) < 4.78 is 0.371. The van der Waals surface area contributed by atoms with Gasteiger partial charge in [-0.15, -0.1) is 0 Å². The highest BCUT2D eigenvalue weighted by Gasteiger charge is 2.60. The van der Waals surface area contributed by atoms with E-state index in [0.717, 1.165) is 59.2 Å². The number of unbranched alkanes of at least 4 members (excludes halogenated alkanes) is 5. The summed E-state index contributed by atoms with van der Waals surface area (Å²) in [7, 11) is 0. The van der Waals surface area contributed by atoms with Crippen LogP contribution < -0.4 is 0 Å². The van der Waals surface area contributed by atoms with Crippen LogP contribution in [0.3, 0.4) is 0 Å². The Morgan fingerprint density at radius 3 is 2.16 bits per heavy atom. The molecule has 10 unspecified atom stereocenters. The summed E-state index contributed by atoms with van der Waals surface area (Å²) in [5.74, 6) is 9.67. The van der Waals surface area contributed by atoms with Crippen molar-refractivity contribution in [2.45, 2.75) is 168 Å². The maximum Gasteiger partial charge on any atom is 0.0194 e. The smallest absolute Gasteiger partial charge is 0.0194 e. The molecular formula is C36H66S. The molecule has 0 nitrogen and oxygen atoms in total. The van der Waals surface area contributed by atoms with Gasteiger partial charge in [0.25, 0.3) is 0 Å². The number of fused-ring (bicyclic) bond motifs is 2. The van der Waals surface area contributed by atoms with E-state index in [0.29, 0.717) is 4.75 Å². The van der Waals surface area contributed by atoms with Gasteiger partial charge in [0, 0.05) is 4.75 Å². The lowest BCUT2D eigenvalue weighted by atomic mass is 9.49. The summed E-state index contributed by atoms with van der Waals surface area (Å²) in [5.41, 5.74) is 0. The maximum absolute atomic E-state index is 5.82. The molecule has 0 N–H and O–H groups in total. The molecule has 1 heteroatoms. The van der Waals surface area contributed by atoms with Gasteiger partial charge >= 0.3 is 0 Å². The van der Waals surface area contributed by atoms with Crippen molar-refractivity contribution in [1.82, 2.24) is 0 Å². The first-order valence-corrected chi connectivity index (χ1v) is 18.1. The van der Waals surface area contributed by atoms with E-state index >= 15 is 0 Å². The molecule has 216 valence electrons. The fourth-order valence-electron chi connectivity index (χ4n) is 11.0.